The summed E-state index contributed by atoms with van der Waals surface area (Å²) in [5.74, 6) is 1.68. The summed E-state index contributed by atoms with van der Waals surface area (Å²) in [7, 11) is 0. The van der Waals surface area contributed by atoms with Gasteiger partial charge in [0.15, 0.2) is 0 Å². The molecule has 0 saturated carbocycles. The summed E-state index contributed by atoms with van der Waals surface area (Å²) in [4.78, 5) is 18.1. The second-order valence-electron chi connectivity index (χ2n) is 5.60. The number of hydrogen-bond acceptors (Lipinski definition) is 3. The molecule has 1 aliphatic heterocycles. The molecule has 1 aromatic heterocycles. The smallest absolute Gasteiger partial charge is 0.232 e. The molecule has 5 heteroatoms. The maximum Gasteiger partial charge on any atom is 0.232 e. The van der Waals surface area contributed by atoms with Crippen molar-refractivity contribution >= 4 is 17.7 Å². The Kier molecular flexibility index (Phi) is 5.28. The largest absolute Gasteiger partial charge is 0.341 e. The second-order valence-corrected chi connectivity index (χ2v) is 6.70. The molecule has 2 heterocycles. The van der Waals surface area contributed by atoms with Gasteiger partial charge in [0.2, 0.25) is 5.91 Å². The van der Waals surface area contributed by atoms with E-state index in [9.17, 15) is 9.18 Å². The molecular formula is C18H19FN2OS. The number of halogens is 1. The Morgan fingerprint density at radius 3 is 2.70 bits per heavy atom. The Labute approximate surface area is 139 Å². The van der Waals surface area contributed by atoms with Crippen molar-refractivity contribution < 1.29 is 9.18 Å². The van der Waals surface area contributed by atoms with E-state index in [-0.39, 0.29) is 11.7 Å². The molecule has 1 aromatic carbocycles. The summed E-state index contributed by atoms with van der Waals surface area (Å²) in [6.07, 6.45) is 3.73. The number of aryl methyl sites for hydroxylation is 1. The molecule has 0 radical (unpaired) electrons. The predicted molar refractivity (Wildman–Crippen MR) is 91.9 cm³/mol. The number of rotatable bonds is 5. The van der Waals surface area contributed by atoms with E-state index in [0.29, 0.717) is 5.75 Å². The highest BCUT2D eigenvalue weighted by molar-refractivity contribution is 8.00. The van der Waals surface area contributed by atoms with Crippen LogP contribution in [0.15, 0.2) is 42.6 Å². The number of thioether (sulfide) groups is 1. The zero-order valence-corrected chi connectivity index (χ0v) is 13.7. The Hall–Kier alpha value is -1.88. The van der Waals surface area contributed by atoms with Crippen molar-refractivity contribution in [3.8, 4) is 11.3 Å². The van der Waals surface area contributed by atoms with E-state index < -0.39 is 0 Å². The van der Waals surface area contributed by atoms with E-state index >= 15 is 0 Å². The topological polar surface area (TPSA) is 33.2 Å². The Balaban J connectivity index is 1.53. The number of hydrogen-bond donors (Lipinski definition) is 0. The molecular weight excluding hydrogens is 311 g/mol. The van der Waals surface area contributed by atoms with Crippen LogP contribution in [0.4, 0.5) is 4.39 Å². The van der Waals surface area contributed by atoms with Crippen molar-refractivity contribution in [2.24, 2.45) is 0 Å². The normalized spacial score (nSPS) is 15.0. The monoisotopic (exact) mass is 330 g/mol. The molecule has 23 heavy (non-hydrogen) atoms. The first-order valence-corrected chi connectivity index (χ1v) is 8.94. The van der Waals surface area contributed by atoms with Gasteiger partial charge in [-0.2, -0.15) is 11.8 Å². The summed E-state index contributed by atoms with van der Waals surface area (Å²) < 4.78 is 12.9. The predicted octanol–water partition coefficient (Wildman–Crippen LogP) is 3.40. The number of pyridine rings is 1. The van der Waals surface area contributed by atoms with Crippen LogP contribution in [0.5, 0.6) is 0 Å². The average Bonchev–Trinajstić information content (AvgIpc) is 2.58. The van der Waals surface area contributed by atoms with Crippen LogP contribution in [-0.4, -0.2) is 40.4 Å². The molecule has 1 amide bonds. The lowest BCUT2D eigenvalue weighted by Gasteiger charge is -2.26. The van der Waals surface area contributed by atoms with Crippen LogP contribution in [0.3, 0.4) is 0 Å². The quantitative estimate of drug-likeness (QED) is 0.842. The molecule has 0 spiro atoms. The molecule has 0 atom stereocenters. The van der Waals surface area contributed by atoms with Crippen LogP contribution in [0.2, 0.25) is 0 Å². The second kappa shape index (κ2) is 7.59. The molecule has 120 valence electrons. The molecule has 2 aromatic rings. The highest BCUT2D eigenvalue weighted by Crippen LogP contribution is 2.18. The molecule has 0 bridgehead atoms. The minimum atomic E-state index is -0.240. The molecule has 1 fully saturated rings. The van der Waals surface area contributed by atoms with Crippen molar-refractivity contribution in [3.63, 3.8) is 0 Å². The maximum atomic E-state index is 12.9. The lowest BCUT2D eigenvalue weighted by molar-refractivity contribution is -0.128. The zero-order valence-electron chi connectivity index (χ0n) is 12.9. The van der Waals surface area contributed by atoms with Crippen molar-refractivity contribution in [3.05, 3.63) is 54.0 Å². The van der Waals surface area contributed by atoms with Crippen LogP contribution in [0.25, 0.3) is 11.3 Å². The van der Waals surface area contributed by atoms with Crippen molar-refractivity contribution in [2.45, 2.75) is 12.8 Å². The third-order valence-corrected chi connectivity index (χ3v) is 4.86. The summed E-state index contributed by atoms with van der Waals surface area (Å²) in [6, 6.07) is 10.4. The third kappa shape index (κ3) is 4.32. The summed E-state index contributed by atoms with van der Waals surface area (Å²) >= 11 is 1.71. The van der Waals surface area contributed by atoms with E-state index in [1.165, 1.54) is 12.1 Å². The fourth-order valence-corrected chi connectivity index (χ4v) is 3.48. The van der Waals surface area contributed by atoms with Gasteiger partial charge < -0.3 is 4.90 Å². The van der Waals surface area contributed by atoms with Gasteiger partial charge in [-0.05, 0) is 48.7 Å². The van der Waals surface area contributed by atoms with Crippen molar-refractivity contribution in [1.29, 1.82) is 0 Å². The van der Waals surface area contributed by atoms with Crippen molar-refractivity contribution in [1.82, 2.24) is 9.88 Å². The van der Waals surface area contributed by atoms with E-state index in [1.54, 1.807) is 23.9 Å². The van der Waals surface area contributed by atoms with Gasteiger partial charge in [0.05, 0.1) is 11.4 Å². The zero-order chi connectivity index (χ0) is 16.1. The lowest BCUT2D eigenvalue weighted by Crippen LogP contribution is -2.38. The summed E-state index contributed by atoms with van der Waals surface area (Å²) in [5.41, 5.74) is 2.92. The number of amides is 1. The van der Waals surface area contributed by atoms with Gasteiger partial charge in [-0.15, -0.1) is 0 Å². The average molecular weight is 330 g/mol. The van der Waals surface area contributed by atoms with Crippen molar-refractivity contribution in [2.75, 3.05) is 24.6 Å². The molecule has 0 N–H and O–H groups in total. The van der Waals surface area contributed by atoms with E-state index in [4.69, 9.17) is 0 Å². The SMILES string of the molecule is O=C1CSCCN1CCCc1ccc(-c2ccc(F)cc2)nc1. The van der Waals surface area contributed by atoms with E-state index in [2.05, 4.69) is 11.1 Å². The molecule has 0 aliphatic carbocycles. The van der Waals surface area contributed by atoms with Crippen LogP contribution >= 0.6 is 11.8 Å². The first-order valence-electron chi connectivity index (χ1n) is 7.79. The molecule has 3 rings (SSSR count). The fraction of sp³-hybridized carbons (Fsp3) is 0.333. The van der Waals surface area contributed by atoms with Crippen LogP contribution < -0.4 is 0 Å². The van der Waals surface area contributed by atoms with E-state index in [1.807, 2.05) is 17.2 Å². The number of carbonyl (C=O) groups is 1. The number of benzene rings is 1. The lowest BCUT2D eigenvalue weighted by atomic mass is 10.1. The minimum absolute atomic E-state index is 0.240. The summed E-state index contributed by atoms with van der Waals surface area (Å²) in [5, 5.41) is 0. The fourth-order valence-electron chi connectivity index (χ4n) is 2.62. The van der Waals surface area contributed by atoms with Crippen LogP contribution in [0, 0.1) is 5.82 Å². The first kappa shape index (κ1) is 16.0. The summed E-state index contributed by atoms with van der Waals surface area (Å²) in [6.45, 7) is 1.68. The standard InChI is InChI=1S/C18H19FN2OS/c19-16-6-4-15(5-7-16)17-8-3-14(12-20-17)2-1-9-21-10-11-23-13-18(21)22/h3-8,12H,1-2,9-11,13H2. The Morgan fingerprint density at radius 2 is 2.00 bits per heavy atom. The maximum absolute atomic E-state index is 12.9. The van der Waals surface area contributed by atoms with Gasteiger partial charge in [0.1, 0.15) is 5.82 Å². The first-order chi connectivity index (χ1) is 11.2. The van der Waals surface area contributed by atoms with Gasteiger partial charge in [-0.1, -0.05) is 6.07 Å². The molecule has 1 saturated heterocycles. The Bertz CT molecular complexity index is 658. The van der Waals surface area contributed by atoms with Gasteiger partial charge in [0.25, 0.3) is 0 Å². The number of aromatic nitrogens is 1. The van der Waals surface area contributed by atoms with Gasteiger partial charge in [0, 0.05) is 30.6 Å². The van der Waals surface area contributed by atoms with Gasteiger partial charge in [-0.3, -0.25) is 9.78 Å². The highest BCUT2D eigenvalue weighted by atomic mass is 32.2. The Morgan fingerprint density at radius 1 is 1.17 bits per heavy atom. The van der Waals surface area contributed by atoms with Gasteiger partial charge >= 0.3 is 0 Å². The van der Waals surface area contributed by atoms with Gasteiger partial charge in [-0.25, -0.2) is 4.39 Å². The van der Waals surface area contributed by atoms with Crippen LogP contribution in [-0.2, 0) is 11.2 Å². The number of nitrogens with zero attached hydrogens (tertiary/aromatic N) is 2. The van der Waals surface area contributed by atoms with E-state index in [0.717, 1.165) is 48.5 Å². The molecule has 3 nitrogen and oxygen atoms in total. The molecule has 0 unspecified atom stereocenters. The highest BCUT2D eigenvalue weighted by Gasteiger charge is 2.17. The van der Waals surface area contributed by atoms with Crippen LogP contribution in [0.1, 0.15) is 12.0 Å². The third-order valence-electron chi connectivity index (χ3n) is 3.94. The number of carbonyl (C=O) groups excluding carboxylic acids is 1. The molecule has 1 aliphatic rings. The minimum Gasteiger partial charge on any atom is -0.341 e.